The van der Waals surface area contributed by atoms with Crippen LogP contribution in [0.1, 0.15) is 17.2 Å². The number of rotatable bonds is 5. The highest BCUT2D eigenvalue weighted by Gasteiger charge is 2.46. The summed E-state index contributed by atoms with van der Waals surface area (Å²) in [7, 11) is -5.66. The van der Waals surface area contributed by atoms with Crippen LogP contribution in [-0.4, -0.2) is 18.8 Å². The first-order valence-electron chi connectivity index (χ1n) is 9.77. The molecule has 0 bridgehead atoms. The van der Waals surface area contributed by atoms with Gasteiger partial charge >= 0.3 is 15.5 Å². The lowest BCUT2D eigenvalue weighted by Gasteiger charge is -2.23. The number of ether oxygens (including phenoxy) is 1. The molecule has 0 radical (unpaired) electrons. The van der Waals surface area contributed by atoms with Crippen LogP contribution in [0.4, 0.5) is 32.0 Å². The van der Waals surface area contributed by atoms with Crippen LogP contribution < -0.4 is 9.46 Å². The molecule has 0 fully saturated rings. The van der Waals surface area contributed by atoms with Gasteiger partial charge in [0.1, 0.15) is 11.6 Å². The molecule has 1 unspecified atom stereocenters. The molecule has 36 heavy (non-hydrogen) atoms. The van der Waals surface area contributed by atoms with E-state index in [-0.39, 0.29) is 28.6 Å². The van der Waals surface area contributed by atoms with Crippen molar-refractivity contribution in [1.82, 2.24) is 0 Å². The highest BCUT2D eigenvalue weighted by atomic mass is 32.2. The molecule has 0 amide bonds. The van der Waals surface area contributed by atoms with Crippen molar-refractivity contribution < 1.29 is 44.4 Å². The van der Waals surface area contributed by atoms with Gasteiger partial charge in [-0.2, -0.15) is 21.6 Å². The minimum absolute atomic E-state index is 0.0208. The minimum atomic E-state index is -5.66. The van der Waals surface area contributed by atoms with Crippen LogP contribution in [0.3, 0.4) is 0 Å². The molecule has 0 aromatic heterocycles. The topological polar surface area (TPSA) is 98.5 Å². The van der Waals surface area contributed by atoms with E-state index in [2.05, 4.69) is 0 Å². The van der Waals surface area contributed by atoms with Crippen molar-refractivity contribution in [2.45, 2.75) is 11.6 Å². The van der Waals surface area contributed by atoms with E-state index >= 15 is 0 Å². The number of sulfonamides is 1. The number of alkyl halides is 3. The fourth-order valence-corrected chi connectivity index (χ4v) is 4.01. The number of hydrogen-bond acceptors (Lipinski definition) is 5. The number of nitrogens with zero attached hydrogens (tertiary/aromatic N) is 1. The van der Waals surface area contributed by atoms with Gasteiger partial charge in [0.25, 0.3) is 5.70 Å². The first kappa shape index (κ1) is 25.0. The summed E-state index contributed by atoms with van der Waals surface area (Å²) in [5, 5.41) is 11.6. The van der Waals surface area contributed by atoms with Gasteiger partial charge in [-0.3, -0.25) is 14.8 Å². The minimum Gasteiger partial charge on any atom is -0.474 e. The lowest BCUT2D eigenvalue weighted by Crippen LogP contribution is -2.29. The van der Waals surface area contributed by atoms with E-state index in [0.29, 0.717) is 11.6 Å². The van der Waals surface area contributed by atoms with Crippen molar-refractivity contribution in [2.75, 3.05) is 4.72 Å². The number of fused-ring (bicyclic) bond motifs is 1. The number of halogens is 6. The zero-order valence-electron chi connectivity index (χ0n) is 17.5. The summed E-state index contributed by atoms with van der Waals surface area (Å²) in [5.74, 6) is -4.15. The Bertz CT molecular complexity index is 1520. The smallest absolute Gasteiger partial charge is 0.474 e. The number of hydrogen-bond donors (Lipinski definition) is 1. The second-order valence-corrected chi connectivity index (χ2v) is 9.17. The summed E-state index contributed by atoms with van der Waals surface area (Å²) in [6.07, 6.45) is -0.669. The Labute approximate surface area is 198 Å². The number of nitrogens with one attached hydrogen (secondary N) is 1. The van der Waals surface area contributed by atoms with Crippen molar-refractivity contribution in [3.63, 3.8) is 0 Å². The van der Waals surface area contributed by atoms with Gasteiger partial charge in [0, 0.05) is 29.0 Å². The number of nitro groups is 1. The molecule has 3 aromatic carbocycles. The fraction of sp³-hybridized carbons (Fsp3) is 0.0909. The molecule has 0 saturated heterocycles. The molecular weight excluding hydrogens is 518 g/mol. The first-order valence-corrected chi connectivity index (χ1v) is 11.3. The molecule has 0 spiro atoms. The maximum absolute atomic E-state index is 14.3. The Morgan fingerprint density at radius 1 is 0.917 bits per heavy atom. The molecule has 1 atom stereocenters. The Morgan fingerprint density at radius 3 is 2.25 bits per heavy atom. The first-order chi connectivity index (χ1) is 16.8. The Balaban J connectivity index is 1.72. The lowest BCUT2D eigenvalue weighted by atomic mass is 9.97. The SMILES string of the molecule is O=[N+]([O-])C1=Cc2cc(-c3cccc(NS(=O)(=O)C(F)(F)F)c3)ccc2OC1c1cc(F)c(F)cc1F. The van der Waals surface area contributed by atoms with Gasteiger partial charge in [0.15, 0.2) is 11.6 Å². The third-order valence-corrected chi connectivity index (χ3v) is 6.23. The molecule has 1 aliphatic heterocycles. The summed E-state index contributed by atoms with van der Waals surface area (Å²) in [6, 6.07) is 9.77. The second-order valence-electron chi connectivity index (χ2n) is 7.50. The predicted octanol–water partition coefficient (Wildman–Crippen LogP) is 5.78. The zero-order valence-corrected chi connectivity index (χ0v) is 18.3. The van der Waals surface area contributed by atoms with Crippen LogP contribution in [0.15, 0.2) is 60.3 Å². The van der Waals surface area contributed by atoms with E-state index in [1.807, 2.05) is 0 Å². The Kier molecular flexibility index (Phi) is 6.16. The van der Waals surface area contributed by atoms with Gasteiger partial charge in [0.05, 0.1) is 4.92 Å². The molecule has 1 aliphatic rings. The van der Waals surface area contributed by atoms with Gasteiger partial charge in [0.2, 0.25) is 6.10 Å². The van der Waals surface area contributed by atoms with Crippen LogP contribution in [0, 0.1) is 27.6 Å². The van der Waals surface area contributed by atoms with Crippen molar-refractivity contribution in [3.05, 3.63) is 99.0 Å². The molecule has 14 heteroatoms. The van der Waals surface area contributed by atoms with E-state index in [1.54, 1.807) is 0 Å². The monoisotopic (exact) mass is 530 g/mol. The molecule has 4 rings (SSSR count). The summed E-state index contributed by atoms with van der Waals surface area (Å²) in [4.78, 5) is 10.8. The van der Waals surface area contributed by atoms with Gasteiger partial charge < -0.3 is 4.74 Å². The number of benzene rings is 3. The van der Waals surface area contributed by atoms with Crippen molar-refractivity contribution in [3.8, 4) is 16.9 Å². The van der Waals surface area contributed by atoms with Gasteiger partial charge in [-0.15, -0.1) is 0 Å². The van der Waals surface area contributed by atoms with Crippen LogP contribution in [0.5, 0.6) is 5.75 Å². The second kappa shape index (κ2) is 8.86. The normalized spacial score (nSPS) is 15.5. The molecular formula is C22H12F6N2O5S. The Morgan fingerprint density at radius 2 is 1.58 bits per heavy atom. The molecule has 1 N–H and O–H groups in total. The summed E-state index contributed by atoms with van der Waals surface area (Å²) >= 11 is 0. The third kappa shape index (κ3) is 4.71. The van der Waals surface area contributed by atoms with E-state index in [9.17, 15) is 44.9 Å². The molecule has 188 valence electrons. The maximum atomic E-state index is 14.3. The molecule has 0 saturated carbocycles. The maximum Gasteiger partial charge on any atom is 0.516 e. The van der Waals surface area contributed by atoms with Crippen LogP contribution in [0.2, 0.25) is 0 Å². The molecule has 7 nitrogen and oxygen atoms in total. The van der Waals surface area contributed by atoms with Crippen molar-refractivity contribution >= 4 is 21.8 Å². The van der Waals surface area contributed by atoms with Crippen LogP contribution in [0.25, 0.3) is 17.2 Å². The average molecular weight is 530 g/mol. The van der Waals surface area contributed by atoms with Crippen LogP contribution >= 0.6 is 0 Å². The summed E-state index contributed by atoms with van der Waals surface area (Å²) in [5.41, 5.74) is -6.49. The van der Waals surface area contributed by atoms with Gasteiger partial charge in [-0.1, -0.05) is 18.2 Å². The fourth-order valence-electron chi connectivity index (χ4n) is 3.46. The lowest BCUT2D eigenvalue weighted by molar-refractivity contribution is -0.434. The molecule has 0 aliphatic carbocycles. The third-order valence-electron chi connectivity index (χ3n) is 5.11. The highest BCUT2D eigenvalue weighted by molar-refractivity contribution is 7.93. The van der Waals surface area contributed by atoms with E-state index < -0.39 is 55.3 Å². The van der Waals surface area contributed by atoms with E-state index in [1.165, 1.54) is 35.1 Å². The van der Waals surface area contributed by atoms with E-state index in [0.717, 1.165) is 18.2 Å². The van der Waals surface area contributed by atoms with E-state index in [4.69, 9.17) is 4.74 Å². The largest absolute Gasteiger partial charge is 0.516 e. The predicted molar refractivity (Wildman–Crippen MR) is 115 cm³/mol. The quantitative estimate of drug-likeness (QED) is 0.195. The average Bonchev–Trinajstić information content (AvgIpc) is 2.79. The number of anilines is 1. The highest BCUT2D eigenvalue weighted by Crippen LogP contribution is 2.40. The summed E-state index contributed by atoms with van der Waals surface area (Å²) < 4.78 is 109. The Hall–Kier alpha value is -4.07. The standard InChI is InChI=1S/C22H12F6N2O5S/c23-16-10-18(25)17(24)9-15(16)21-19(30(31)32)8-13-6-12(4-5-20(13)35-21)11-2-1-3-14(7-11)29-36(33,34)22(26,27)28/h1-10,21,29H. The van der Waals surface area contributed by atoms with Crippen LogP contribution in [-0.2, 0) is 10.0 Å². The molecule has 1 heterocycles. The zero-order chi connectivity index (χ0) is 26.4. The van der Waals surface area contributed by atoms with Gasteiger partial charge in [-0.25, -0.2) is 13.2 Å². The van der Waals surface area contributed by atoms with Crippen molar-refractivity contribution in [2.24, 2.45) is 0 Å². The van der Waals surface area contributed by atoms with Crippen molar-refractivity contribution in [1.29, 1.82) is 0 Å². The van der Waals surface area contributed by atoms with Gasteiger partial charge in [-0.05, 0) is 41.5 Å². The summed E-state index contributed by atoms with van der Waals surface area (Å²) in [6.45, 7) is 0. The molecule has 3 aromatic rings.